The Labute approximate surface area is 115 Å². The van der Waals surface area contributed by atoms with Gasteiger partial charge in [0.05, 0.1) is 18.4 Å². The molecule has 0 spiro atoms. The van der Waals surface area contributed by atoms with Crippen molar-refractivity contribution in [3.05, 3.63) is 23.5 Å². The zero-order chi connectivity index (χ0) is 14.9. The van der Waals surface area contributed by atoms with Crippen molar-refractivity contribution < 1.29 is 18.7 Å². The number of hydrogen-bond acceptors (Lipinski definition) is 5. The van der Waals surface area contributed by atoms with E-state index in [9.17, 15) is 14.0 Å². The summed E-state index contributed by atoms with van der Waals surface area (Å²) in [6, 6.07) is 1.79. The minimum Gasteiger partial charge on any atom is -0.465 e. The van der Waals surface area contributed by atoms with Crippen LogP contribution in [0.4, 0.5) is 15.8 Å². The van der Waals surface area contributed by atoms with Crippen LogP contribution in [-0.2, 0) is 9.53 Å². The van der Waals surface area contributed by atoms with Gasteiger partial charge < -0.3 is 21.1 Å². The van der Waals surface area contributed by atoms with Crippen LogP contribution in [0, 0.1) is 5.82 Å². The fourth-order valence-electron chi connectivity index (χ4n) is 2.43. The molecule has 1 fully saturated rings. The number of benzene rings is 1. The molecule has 2 rings (SSSR count). The number of carbonyl (C=O) groups is 2. The number of nitrogens with two attached hydrogens (primary N) is 2. The normalized spacial score (nSPS) is 18.1. The summed E-state index contributed by atoms with van der Waals surface area (Å²) in [4.78, 5) is 24.5. The van der Waals surface area contributed by atoms with E-state index < -0.39 is 23.7 Å². The Morgan fingerprint density at radius 3 is 2.75 bits per heavy atom. The number of carbonyl (C=O) groups excluding carboxylic acids is 2. The lowest BCUT2D eigenvalue weighted by atomic mass is 10.1. The van der Waals surface area contributed by atoms with Crippen LogP contribution in [-0.4, -0.2) is 31.6 Å². The van der Waals surface area contributed by atoms with E-state index in [4.69, 9.17) is 11.5 Å². The number of amides is 1. The summed E-state index contributed by atoms with van der Waals surface area (Å²) in [5.41, 5.74) is 11.1. The summed E-state index contributed by atoms with van der Waals surface area (Å²) < 4.78 is 18.7. The first kappa shape index (κ1) is 14.1. The number of nitrogens with zero attached hydrogens (tertiary/aromatic N) is 1. The first-order chi connectivity index (χ1) is 9.45. The number of methoxy groups -OCH3 is 1. The maximum Gasteiger partial charge on any atom is 0.340 e. The van der Waals surface area contributed by atoms with Crippen LogP contribution in [0.5, 0.6) is 0 Å². The molecule has 1 aromatic carbocycles. The molecular weight excluding hydrogens is 265 g/mol. The monoisotopic (exact) mass is 281 g/mol. The Morgan fingerprint density at radius 1 is 1.45 bits per heavy atom. The van der Waals surface area contributed by atoms with E-state index in [1.807, 2.05) is 0 Å². The fraction of sp³-hybridized carbons (Fsp3) is 0.385. The van der Waals surface area contributed by atoms with Gasteiger partial charge in [0, 0.05) is 12.2 Å². The highest BCUT2D eigenvalue weighted by Crippen LogP contribution is 2.31. The Bertz CT molecular complexity index is 562. The van der Waals surface area contributed by atoms with Crippen LogP contribution in [0.2, 0.25) is 0 Å². The smallest absolute Gasteiger partial charge is 0.340 e. The summed E-state index contributed by atoms with van der Waals surface area (Å²) in [5.74, 6) is -1.76. The average molecular weight is 281 g/mol. The van der Waals surface area contributed by atoms with Crippen LogP contribution in [0.1, 0.15) is 23.2 Å². The molecule has 1 aliphatic rings. The Kier molecular flexibility index (Phi) is 3.78. The van der Waals surface area contributed by atoms with Gasteiger partial charge in [-0.15, -0.1) is 0 Å². The van der Waals surface area contributed by atoms with Crippen molar-refractivity contribution in [3.63, 3.8) is 0 Å². The van der Waals surface area contributed by atoms with Crippen molar-refractivity contribution in [1.29, 1.82) is 0 Å². The summed E-state index contributed by atoms with van der Waals surface area (Å²) in [5, 5.41) is 0. The van der Waals surface area contributed by atoms with Gasteiger partial charge in [-0.05, 0) is 25.0 Å². The van der Waals surface area contributed by atoms with E-state index >= 15 is 0 Å². The van der Waals surface area contributed by atoms with Gasteiger partial charge in [0.2, 0.25) is 5.91 Å². The lowest BCUT2D eigenvalue weighted by Gasteiger charge is -2.25. The minimum atomic E-state index is -0.654. The molecule has 1 saturated heterocycles. The first-order valence-electron chi connectivity index (χ1n) is 6.19. The van der Waals surface area contributed by atoms with Crippen molar-refractivity contribution in [2.24, 2.45) is 5.73 Å². The second-order valence-corrected chi connectivity index (χ2v) is 4.64. The van der Waals surface area contributed by atoms with Crippen molar-refractivity contribution in [2.45, 2.75) is 18.9 Å². The zero-order valence-corrected chi connectivity index (χ0v) is 11.1. The molecule has 20 heavy (non-hydrogen) atoms. The zero-order valence-electron chi connectivity index (χ0n) is 11.1. The molecule has 7 heteroatoms. The minimum absolute atomic E-state index is 0.00655. The standard InChI is InChI=1S/C13H16FN3O3/c1-20-13(19)7-5-11(8(14)6-9(7)15)17-4-2-3-10(17)12(16)18/h5-6,10H,2-4,15H2,1H3,(H2,16,18). The van der Waals surface area contributed by atoms with Gasteiger partial charge in [-0.25, -0.2) is 9.18 Å². The molecule has 0 aliphatic carbocycles. The van der Waals surface area contributed by atoms with Crippen molar-refractivity contribution in [3.8, 4) is 0 Å². The van der Waals surface area contributed by atoms with E-state index in [0.717, 1.165) is 12.5 Å². The molecule has 0 aromatic heterocycles. The van der Waals surface area contributed by atoms with E-state index in [1.165, 1.54) is 13.2 Å². The summed E-state index contributed by atoms with van der Waals surface area (Å²) >= 11 is 0. The van der Waals surface area contributed by atoms with Crippen LogP contribution in [0.15, 0.2) is 12.1 Å². The Balaban J connectivity index is 2.46. The number of ether oxygens (including phenoxy) is 1. The van der Waals surface area contributed by atoms with E-state index in [-0.39, 0.29) is 16.9 Å². The number of hydrogen-bond donors (Lipinski definition) is 2. The molecule has 1 heterocycles. The van der Waals surface area contributed by atoms with Crippen molar-refractivity contribution in [2.75, 3.05) is 24.3 Å². The molecule has 6 nitrogen and oxygen atoms in total. The number of esters is 1. The SMILES string of the molecule is COC(=O)c1cc(N2CCCC2C(N)=O)c(F)cc1N. The third kappa shape index (κ3) is 2.38. The molecule has 1 amide bonds. The Morgan fingerprint density at radius 2 is 2.15 bits per heavy atom. The lowest BCUT2D eigenvalue weighted by molar-refractivity contribution is -0.119. The predicted molar refractivity (Wildman–Crippen MR) is 71.7 cm³/mol. The molecule has 1 aliphatic heterocycles. The maximum absolute atomic E-state index is 14.1. The first-order valence-corrected chi connectivity index (χ1v) is 6.19. The lowest BCUT2D eigenvalue weighted by Crippen LogP contribution is -2.40. The quantitative estimate of drug-likeness (QED) is 0.626. The van der Waals surface area contributed by atoms with E-state index in [0.29, 0.717) is 13.0 Å². The molecule has 0 radical (unpaired) electrons. The van der Waals surface area contributed by atoms with Gasteiger partial charge in [0.1, 0.15) is 11.9 Å². The molecule has 1 atom stereocenters. The fourth-order valence-corrected chi connectivity index (χ4v) is 2.43. The third-order valence-corrected chi connectivity index (χ3v) is 3.41. The molecule has 1 aromatic rings. The topological polar surface area (TPSA) is 98.6 Å². The Hall–Kier alpha value is -2.31. The average Bonchev–Trinajstić information content (AvgIpc) is 2.87. The van der Waals surface area contributed by atoms with Crippen LogP contribution < -0.4 is 16.4 Å². The highest BCUT2D eigenvalue weighted by molar-refractivity contribution is 5.96. The third-order valence-electron chi connectivity index (χ3n) is 3.41. The van der Waals surface area contributed by atoms with Gasteiger partial charge in [0.15, 0.2) is 0 Å². The van der Waals surface area contributed by atoms with Gasteiger partial charge >= 0.3 is 5.97 Å². The predicted octanol–water partition coefficient (Wildman–Crippen LogP) is 0.649. The van der Waals surface area contributed by atoms with Crippen LogP contribution >= 0.6 is 0 Å². The number of halogens is 1. The highest BCUT2D eigenvalue weighted by atomic mass is 19.1. The summed E-state index contributed by atoms with van der Waals surface area (Å²) in [6.07, 6.45) is 1.29. The highest BCUT2D eigenvalue weighted by Gasteiger charge is 2.31. The van der Waals surface area contributed by atoms with Gasteiger partial charge in [-0.2, -0.15) is 0 Å². The van der Waals surface area contributed by atoms with Gasteiger partial charge in [0.25, 0.3) is 0 Å². The maximum atomic E-state index is 14.1. The number of anilines is 2. The molecule has 0 bridgehead atoms. The number of primary amides is 1. The van der Waals surface area contributed by atoms with Crippen molar-refractivity contribution >= 4 is 23.3 Å². The van der Waals surface area contributed by atoms with Crippen LogP contribution in [0.25, 0.3) is 0 Å². The van der Waals surface area contributed by atoms with Crippen LogP contribution in [0.3, 0.4) is 0 Å². The van der Waals surface area contributed by atoms with E-state index in [2.05, 4.69) is 4.74 Å². The largest absolute Gasteiger partial charge is 0.465 e. The summed E-state index contributed by atoms with van der Waals surface area (Å²) in [7, 11) is 1.22. The molecular formula is C13H16FN3O3. The van der Waals surface area contributed by atoms with Gasteiger partial charge in [-0.1, -0.05) is 0 Å². The van der Waals surface area contributed by atoms with E-state index in [1.54, 1.807) is 4.90 Å². The molecule has 108 valence electrons. The second kappa shape index (κ2) is 5.36. The molecule has 4 N–H and O–H groups in total. The second-order valence-electron chi connectivity index (χ2n) is 4.64. The summed E-state index contributed by atoms with van der Waals surface area (Å²) in [6.45, 7) is 0.495. The van der Waals surface area contributed by atoms with Crippen molar-refractivity contribution in [1.82, 2.24) is 0 Å². The number of rotatable bonds is 3. The molecule has 1 unspecified atom stereocenters. The van der Waals surface area contributed by atoms with Gasteiger partial charge in [-0.3, -0.25) is 4.79 Å². The molecule has 0 saturated carbocycles. The number of nitrogen functional groups attached to an aromatic ring is 1.